The quantitative estimate of drug-likeness (QED) is 0.0568. The Balaban J connectivity index is 0.000000347. The molecule has 0 unspecified atom stereocenters. The molecule has 0 aliphatic heterocycles. The van der Waals surface area contributed by atoms with Gasteiger partial charge in [0, 0.05) is 18.2 Å². The second kappa shape index (κ2) is 22.3. The van der Waals surface area contributed by atoms with Crippen LogP contribution in [0.3, 0.4) is 0 Å². The van der Waals surface area contributed by atoms with Gasteiger partial charge in [-0.2, -0.15) is 8.42 Å². The second-order valence-electron chi connectivity index (χ2n) is 12.1. The summed E-state index contributed by atoms with van der Waals surface area (Å²) in [5.41, 5.74) is 2.26. The van der Waals surface area contributed by atoms with Crippen molar-refractivity contribution < 1.29 is 45.6 Å². The van der Waals surface area contributed by atoms with E-state index in [1.54, 1.807) is 12.1 Å². The molecule has 2 N–H and O–H groups in total. The summed E-state index contributed by atoms with van der Waals surface area (Å²) in [6.45, 7) is 4.37. The summed E-state index contributed by atoms with van der Waals surface area (Å²) in [6, 6.07) is 21.5. The molecule has 0 aliphatic rings. The molecular weight excluding hydrogens is 721 g/mol. The van der Waals surface area contributed by atoms with Crippen LogP contribution in [0.25, 0.3) is 0 Å². The topological polar surface area (TPSA) is 173 Å². The molecule has 0 atom stereocenters. The van der Waals surface area contributed by atoms with E-state index >= 15 is 0 Å². The largest absolute Gasteiger partial charge is 2.00 e. The van der Waals surface area contributed by atoms with Gasteiger partial charge in [-0.25, -0.2) is 8.42 Å². The Hall–Kier alpha value is -2.84. The van der Waals surface area contributed by atoms with Gasteiger partial charge in [-0.15, -0.1) is 5.75 Å². The molecule has 4 rings (SSSR count). The number of hydrogen-bond acceptors (Lipinski definition) is 9. The maximum Gasteiger partial charge on any atom is 2.00 e. The van der Waals surface area contributed by atoms with Crippen molar-refractivity contribution in [2.45, 2.75) is 101 Å². The SMILES string of the molecule is CCCCCCCc1cccc(Oc2cc(O)cc(S(=O)(=O)O)c2)c1.CCCCCCCc1cccc(Oc2cc([O-])cc(S(=O)(=O)[O-])c2)c1.[Ca+2]. The summed E-state index contributed by atoms with van der Waals surface area (Å²) < 4.78 is 76.0. The number of benzene rings is 4. The van der Waals surface area contributed by atoms with E-state index in [4.69, 9.17) is 14.0 Å². The minimum atomic E-state index is -4.70. The van der Waals surface area contributed by atoms with E-state index in [2.05, 4.69) is 13.8 Å². The fraction of sp³-hybridized carbons (Fsp3) is 0.368. The van der Waals surface area contributed by atoms with Crippen molar-refractivity contribution in [3.05, 3.63) is 96.1 Å². The number of phenols is 1. The Morgan fingerprint density at radius 1 is 0.588 bits per heavy atom. The van der Waals surface area contributed by atoms with Crippen molar-refractivity contribution in [1.29, 1.82) is 0 Å². The summed E-state index contributed by atoms with van der Waals surface area (Å²) in [5, 5.41) is 21.2. The molecule has 13 heteroatoms. The first-order chi connectivity index (χ1) is 23.8. The van der Waals surface area contributed by atoms with Crippen molar-refractivity contribution in [1.82, 2.24) is 0 Å². The Kier molecular flexibility index (Phi) is 19.4. The minimum Gasteiger partial charge on any atom is -0.872 e. The van der Waals surface area contributed by atoms with E-state index in [0.717, 1.165) is 61.1 Å². The van der Waals surface area contributed by atoms with Gasteiger partial charge in [0.2, 0.25) is 0 Å². The Bertz CT molecular complexity index is 1740. The molecule has 0 radical (unpaired) electrons. The molecule has 0 saturated carbocycles. The molecule has 0 spiro atoms. The fourth-order valence-corrected chi connectivity index (χ4v) is 6.24. The van der Waals surface area contributed by atoms with Crippen molar-refractivity contribution in [2.75, 3.05) is 0 Å². The van der Waals surface area contributed by atoms with E-state index in [1.807, 2.05) is 36.4 Å². The fourth-order valence-electron chi connectivity index (χ4n) is 5.18. The van der Waals surface area contributed by atoms with Crippen molar-refractivity contribution in [2.24, 2.45) is 0 Å². The number of hydrogen-bond donors (Lipinski definition) is 2. The van der Waals surface area contributed by atoms with Gasteiger partial charge >= 0.3 is 37.7 Å². The number of rotatable bonds is 18. The van der Waals surface area contributed by atoms with Crippen molar-refractivity contribution in [3.63, 3.8) is 0 Å². The third-order valence-electron chi connectivity index (χ3n) is 7.71. The van der Waals surface area contributed by atoms with Crippen LogP contribution >= 0.6 is 0 Å². The summed E-state index contributed by atoms with van der Waals surface area (Å²) >= 11 is 0. The smallest absolute Gasteiger partial charge is 0.872 e. The van der Waals surface area contributed by atoms with E-state index in [0.29, 0.717) is 11.5 Å². The Labute approximate surface area is 332 Å². The van der Waals surface area contributed by atoms with Gasteiger partial charge in [0.25, 0.3) is 10.1 Å². The van der Waals surface area contributed by atoms with Crippen molar-refractivity contribution >= 4 is 58.0 Å². The number of phenolic OH excluding ortho intramolecular Hbond substituents is 1. The van der Waals surface area contributed by atoms with Crippen LogP contribution in [0.2, 0.25) is 0 Å². The van der Waals surface area contributed by atoms with Crippen LogP contribution in [-0.2, 0) is 33.1 Å². The molecule has 0 fully saturated rings. The summed E-state index contributed by atoms with van der Waals surface area (Å²) in [4.78, 5) is -0.989. The maximum absolute atomic E-state index is 11.6. The standard InChI is InChI=1S/2C19H24O5S.Ca/c2*1-2-3-4-5-6-8-15-9-7-10-17(11-15)24-18-12-16(20)13-19(14-18)25(21,22)23;/h2*7,9-14,20H,2-6,8H2,1H3,(H,21,22,23);/q;;+2/p-2. The molecule has 51 heavy (non-hydrogen) atoms. The molecule has 272 valence electrons. The van der Waals surface area contributed by atoms with Crippen LogP contribution in [0.5, 0.6) is 34.5 Å². The van der Waals surface area contributed by atoms with E-state index in [1.165, 1.54) is 63.5 Å². The molecule has 0 amide bonds. The molecule has 0 aliphatic carbocycles. The normalized spacial score (nSPS) is 11.2. The number of aryl methyl sites for hydroxylation is 2. The summed E-state index contributed by atoms with van der Waals surface area (Å²) in [7, 11) is -9.11. The summed E-state index contributed by atoms with van der Waals surface area (Å²) in [6.07, 6.45) is 13.9. The van der Waals surface area contributed by atoms with E-state index < -0.39 is 35.8 Å². The van der Waals surface area contributed by atoms with Gasteiger partial charge in [0.1, 0.15) is 43.8 Å². The van der Waals surface area contributed by atoms with Gasteiger partial charge in [-0.1, -0.05) is 95.5 Å². The predicted octanol–water partition coefficient (Wildman–Crippen LogP) is 8.53. The average molecular weight is 767 g/mol. The zero-order valence-corrected chi connectivity index (χ0v) is 33.1. The Morgan fingerprint density at radius 3 is 1.53 bits per heavy atom. The first-order valence-electron chi connectivity index (χ1n) is 16.9. The van der Waals surface area contributed by atoms with Crippen molar-refractivity contribution in [3.8, 4) is 34.5 Å². The molecule has 0 aromatic heterocycles. The second-order valence-corrected chi connectivity index (χ2v) is 14.9. The van der Waals surface area contributed by atoms with Gasteiger partial charge in [0.15, 0.2) is 0 Å². The number of ether oxygens (including phenoxy) is 2. The van der Waals surface area contributed by atoms with Crippen LogP contribution in [-0.4, -0.2) is 68.8 Å². The van der Waals surface area contributed by atoms with E-state index in [-0.39, 0.29) is 55.0 Å². The molecule has 4 aromatic carbocycles. The van der Waals surface area contributed by atoms with Crippen LogP contribution < -0.4 is 14.6 Å². The minimum absolute atomic E-state index is 0. The molecule has 0 heterocycles. The predicted molar refractivity (Wildman–Crippen MR) is 195 cm³/mol. The van der Waals surface area contributed by atoms with Gasteiger partial charge in [-0.05, 0) is 73.2 Å². The first-order valence-corrected chi connectivity index (χ1v) is 19.7. The third kappa shape index (κ3) is 17.0. The summed E-state index contributed by atoms with van der Waals surface area (Å²) in [5.74, 6) is 0.370. The zero-order chi connectivity index (χ0) is 36.6. The van der Waals surface area contributed by atoms with Crippen LogP contribution in [0.15, 0.2) is 94.7 Å². The number of unbranched alkanes of at least 4 members (excludes halogenated alkanes) is 8. The molecule has 0 saturated heterocycles. The molecular formula is C38H46CaO10S2. The van der Waals surface area contributed by atoms with Crippen LogP contribution in [0.4, 0.5) is 0 Å². The molecule has 0 bridgehead atoms. The van der Waals surface area contributed by atoms with Crippen LogP contribution in [0.1, 0.15) is 89.2 Å². The molecule has 4 aromatic rings. The zero-order valence-electron chi connectivity index (χ0n) is 29.3. The number of aromatic hydroxyl groups is 1. The van der Waals surface area contributed by atoms with Gasteiger partial charge < -0.3 is 24.2 Å². The maximum atomic E-state index is 11.6. The third-order valence-corrected chi connectivity index (χ3v) is 9.36. The first kappa shape index (κ1) is 44.3. The van der Waals surface area contributed by atoms with E-state index in [9.17, 15) is 31.6 Å². The van der Waals surface area contributed by atoms with Gasteiger partial charge in [-0.3, -0.25) is 4.55 Å². The molecule has 10 nitrogen and oxygen atoms in total. The average Bonchev–Trinajstić information content (AvgIpc) is 3.04. The Morgan fingerprint density at radius 2 is 1.06 bits per heavy atom. The van der Waals surface area contributed by atoms with Gasteiger partial charge in [0.05, 0.1) is 4.90 Å². The monoisotopic (exact) mass is 766 g/mol. The van der Waals surface area contributed by atoms with Crippen LogP contribution in [0, 0.1) is 0 Å².